The average Bonchev–Trinajstić information content (AvgIpc) is 2.73. The molecule has 1 aromatic carbocycles. The topological polar surface area (TPSA) is 44.1 Å². The SMILES string of the molecule is Cc1nn(C(=O)COc2ccc(C(C)C)cc2)c(C)c1C. The molecular weight excluding hydrogens is 264 g/mol. The monoisotopic (exact) mass is 286 g/mol. The zero-order valence-corrected chi connectivity index (χ0v) is 13.3. The third kappa shape index (κ3) is 3.32. The van der Waals surface area contributed by atoms with E-state index in [0.717, 1.165) is 17.0 Å². The van der Waals surface area contributed by atoms with Crippen LogP contribution in [0.2, 0.25) is 0 Å². The lowest BCUT2D eigenvalue weighted by molar-refractivity contribution is 0.0818. The molecule has 0 bridgehead atoms. The Bertz CT molecular complexity index is 640. The summed E-state index contributed by atoms with van der Waals surface area (Å²) in [5.74, 6) is 1.03. The van der Waals surface area contributed by atoms with Gasteiger partial charge in [0.1, 0.15) is 5.75 Å². The second kappa shape index (κ2) is 6.12. The Morgan fingerprint density at radius 1 is 1.19 bits per heavy atom. The lowest BCUT2D eigenvalue weighted by atomic mass is 10.0. The van der Waals surface area contributed by atoms with E-state index >= 15 is 0 Å². The molecule has 0 saturated carbocycles. The minimum absolute atomic E-state index is 0.0115. The lowest BCUT2D eigenvalue weighted by Crippen LogP contribution is -2.21. The Kier molecular flexibility index (Phi) is 4.46. The van der Waals surface area contributed by atoms with Crippen LogP contribution < -0.4 is 4.74 Å². The summed E-state index contributed by atoms with van der Waals surface area (Å²) in [4.78, 5) is 12.2. The zero-order chi connectivity index (χ0) is 15.6. The molecule has 0 atom stereocenters. The molecule has 1 heterocycles. The highest BCUT2D eigenvalue weighted by Crippen LogP contribution is 2.18. The molecule has 4 heteroatoms. The lowest BCUT2D eigenvalue weighted by Gasteiger charge is -2.09. The summed E-state index contributed by atoms with van der Waals surface area (Å²) >= 11 is 0. The summed E-state index contributed by atoms with van der Waals surface area (Å²) in [6.07, 6.45) is 0. The number of hydrogen-bond acceptors (Lipinski definition) is 3. The second-order valence-corrected chi connectivity index (χ2v) is 5.61. The van der Waals surface area contributed by atoms with E-state index in [1.165, 1.54) is 10.2 Å². The van der Waals surface area contributed by atoms with Gasteiger partial charge in [0.25, 0.3) is 5.91 Å². The van der Waals surface area contributed by atoms with Gasteiger partial charge in [-0.2, -0.15) is 5.10 Å². The summed E-state index contributed by atoms with van der Waals surface area (Å²) in [6, 6.07) is 7.85. The number of rotatable bonds is 4. The summed E-state index contributed by atoms with van der Waals surface area (Å²) in [5, 5.41) is 4.25. The largest absolute Gasteiger partial charge is 0.484 e. The molecule has 0 saturated heterocycles. The molecule has 0 spiro atoms. The van der Waals surface area contributed by atoms with Gasteiger partial charge in [0.2, 0.25) is 0 Å². The van der Waals surface area contributed by atoms with Crippen molar-refractivity contribution in [2.24, 2.45) is 0 Å². The number of hydrogen-bond donors (Lipinski definition) is 0. The van der Waals surface area contributed by atoms with Gasteiger partial charge in [0.05, 0.1) is 5.69 Å². The number of nitrogens with zero attached hydrogens (tertiary/aromatic N) is 2. The zero-order valence-electron chi connectivity index (χ0n) is 13.3. The third-order valence-electron chi connectivity index (χ3n) is 3.80. The maximum absolute atomic E-state index is 12.2. The van der Waals surface area contributed by atoms with E-state index in [9.17, 15) is 4.79 Å². The van der Waals surface area contributed by atoms with E-state index in [-0.39, 0.29) is 12.5 Å². The first-order valence-corrected chi connectivity index (χ1v) is 7.19. The van der Waals surface area contributed by atoms with Crippen molar-refractivity contribution in [1.82, 2.24) is 9.78 Å². The number of ether oxygens (including phenoxy) is 1. The highest BCUT2D eigenvalue weighted by atomic mass is 16.5. The van der Waals surface area contributed by atoms with Crippen molar-refractivity contribution in [3.05, 3.63) is 46.8 Å². The van der Waals surface area contributed by atoms with Crippen LogP contribution >= 0.6 is 0 Å². The van der Waals surface area contributed by atoms with E-state index in [1.54, 1.807) is 0 Å². The number of benzene rings is 1. The van der Waals surface area contributed by atoms with Crippen LogP contribution in [0.15, 0.2) is 24.3 Å². The van der Waals surface area contributed by atoms with Crippen LogP contribution in [0.1, 0.15) is 47.1 Å². The molecule has 2 aromatic rings. The van der Waals surface area contributed by atoms with Gasteiger partial charge in [-0.05, 0) is 49.9 Å². The quantitative estimate of drug-likeness (QED) is 0.861. The van der Waals surface area contributed by atoms with E-state index in [2.05, 4.69) is 18.9 Å². The van der Waals surface area contributed by atoms with Crippen molar-refractivity contribution >= 4 is 5.91 Å². The molecule has 1 aromatic heterocycles. The molecule has 0 fully saturated rings. The van der Waals surface area contributed by atoms with Gasteiger partial charge in [0.15, 0.2) is 6.61 Å². The van der Waals surface area contributed by atoms with Crippen LogP contribution in [0.4, 0.5) is 0 Å². The van der Waals surface area contributed by atoms with Crippen molar-refractivity contribution in [2.45, 2.75) is 40.5 Å². The van der Waals surface area contributed by atoms with Crippen molar-refractivity contribution in [2.75, 3.05) is 6.61 Å². The van der Waals surface area contributed by atoms with E-state index < -0.39 is 0 Å². The fourth-order valence-electron chi connectivity index (χ4n) is 2.12. The van der Waals surface area contributed by atoms with E-state index in [4.69, 9.17) is 4.74 Å². The minimum atomic E-state index is -0.156. The molecular formula is C17H22N2O2. The Morgan fingerprint density at radius 2 is 1.81 bits per heavy atom. The van der Waals surface area contributed by atoms with Gasteiger partial charge >= 0.3 is 0 Å². The Morgan fingerprint density at radius 3 is 2.29 bits per heavy atom. The van der Waals surface area contributed by atoms with Crippen molar-refractivity contribution in [3.8, 4) is 5.75 Å². The third-order valence-corrected chi connectivity index (χ3v) is 3.80. The summed E-state index contributed by atoms with van der Waals surface area (Å²) in [7, 11) is 0. The van der Waals surface area contributed by atoms with Gasteiger partial charge in [-0.15, -0.1) is 0 Å². The molecule has 4 nitrogen and oxygen atoms in total. The number of aryl methyl sites for hydroxylation is 1. The fourth-order valence-corrected chi connectivity index (χ4v) is 2.12. The second-order valence-electron chi connectivity index (χ2n) is 5.61. The molecule has 0 unspecified atom stereocenters. The van der Waals surface area contributed by atoms with Gasteiger partial charge in [-0.1, -0.05) is 26.0 Å². The van der Waals surface area contributed by atoms with Crippen LogP contribution in [0, 0.1) is 20.8 Å². The summed E-state index contributed by atoms with van der Waals surface area (Å²) in [6.45, 7) is 10.0. The standard InChI is InChI=1S/C17H22N2O2/c1-11(2)15-6-8-16(9-7-15)21-10-17(20)19-14(5)12(3)13(4)18-19/h6-9,11H,10H2,1-5H3. The highest BCUT2D eigenvalue weighted by molar-refractivity contribution is 5.80. The van der Waals surface area contributed by atoms with Crippen molar-refractivity contribution in [3.63, 3.8) is 0 Å². The van der Waals surface area contributed by atoms with Gasteiger partial charge in [0, 0.05) is 5.69 Å². The number of carbonyl (C=O) groups is 1. The molecule has 0 amide bonds. The number of aromatic nitrogens is 2. The summed E-state index contributed by atoms with van der Waals surface area (Å²) in [5.41, 5.74) is 4.05. The molecule has 21 heavy (non-hydrogen) atoms. The van der Waals surface area contributed by atoms with E-state index in [0.29, 0.717) is 11.7 Å². The molecule has 112 valence electrons. The Hall–Kier alpha value is -2.10. The van der Waals surface area contributed by atoms with Crippen LogP contribution in [-0.4, -0.2) is 22.3 Å². The van der Waals surface area contributed by atoms with Crippen LogP contribution in [0.3, 0.4) is 0 Å². The number of carbonyl (C=O) groups excluding carboxylic acids is 1. The highest BCUT2D eigenvalue weighted by Gasteiger charge is 2.14. The summed E-state index contributed by atoms with van der Waals surface area (Å²) < 4.78 is 6.97. The first-order chi connectivity index (χ1) is 9.90. The van der Waals surface area contributed by atoms with Crippen molar-refractivity contribution < 1.29 is 9.53 Å². The first kappa shape index (κ1) is 15.3. The first-order valence-electron chi connectivity index (χ1n) is 7.19. The van der Waals surface area contributed by atoms with Crippen molar-refractivity contribution in [1.29, 1.82) is 0 Å². The van der Waals surface area contributed by atoms with Crippen LogP contribution in [-0.2, 0) is 0 Å². The van der Waals surface area contributed by atoms with E-state index in [1.807, 2.05) is 45.0 Å². The molecule has 0 aliphatic carbocycles. The molecule has 0 aliphatic heterocycles. The average molecular weight is 286 g/mol. The van der Waals surface area contributed by atoms with Gasteiger partial charge in [-0.3, -0.25) is 4.79 Å². The smallest absolute Gasteiger partial charge is 0.284 e. The Labute approximate surface area is 125 Å². The fraction of sp³-hybridized carbons (Fsp3) is 0.412. The Balaban J connectivity index is 2.02. The van der Waals surface area contributed by atoms with Gasteiger partial charge < -0.3 is 4.74 Å². The molecule has 0 radical (unpaired) electrons. The maximum atomic E-state index is 12.2. The van der Waals surface area contributed by atoms with Gasteiger partial charge in [-0.25, -0.2) is 4.68 Å². The normalized spacial score (nSPS) is 11.0. The molecule has 2 rings (SSSR count). The van der Waals surface area contributed by atoms with Crippen LogP contribution in [0.5, 0.6) is 5.75 Å². The minimum Gasteiger partial charge on any atom is -0.484 e. The maximum Gasteiger partial charge on any atom is 0.284 e. The molecule has 0 N–H and O–H groups in total. The predicted octanol–water partition coefficient (Wildman–Crippen LogP) is 3.65. The predicted molar refractivity (Wildman–Crippen MR) is 83.1 cm³/mol. The molecule has 0 aliphatic rings. The van der Waals surface area contributed by atoms with Crippen LogP contribution in [0.25, 0.3) is 0 Å².